The fourth-order valence-electron chi connectivity index (χ4n) is 2.45. The molecule has 1 aromatic rings. The quantitative estimate of drug-likeness (QED) is 0.620. The standard InChI is InChI=1S/C12H18BNO2/c1-9-8-11(13(15)16)2-3-12(9)10-4-6-14-7-5-10/h2-3,8,10,14-16H,4-7H2,1H3. The Morgan fingerprint density at radius 1 is 1.25 bits per heavy atom. The molecule has 0 radical (unpaired) electrons. The number of nitrogens with one attached hydrogen (secondary N) is 1. The smallest absolute Gasteiger partial charge is 0.423 e. The molecule has 1 heterocycles. The minimum atomic E-state index is -1.36. The predicted molar refractivity (Wildman–Crippen MR) is 65.8 cm³/mol. The zero-order valence-electron chi connectivity index (χ0n) is 9.61. The molecule has 0 spiro atoms. The maximum Gasteiger partial charge on any atom is 0.488 e. The van der Waals surface area contributed by atoms with Crippen LogP contribution in [0.2, 0.25) is 0 Å². The van der Waals surface area contributed by atoms with E-state index in [2.05, 4.69) is 5.32 Å². The molecule has 4 heteroatoms. The third-order valence-electron chi connectivity index (χ3n) is 3.37. The van der Waals surface area contributed by atoms with Gasteiger partial charge in [0.25, 0.3) is 0 Å². The van der Waals surface area contributed by atoms with Crippen LogP contribution in [0.25, 0.3) is 0 Å². The van der Waals surface area contributed by atoms with Gasteiger partial charge in [-0.1, -0.05) is 18.2 Å². The van der Waals surface area contributed by atoms with E-state index in [4.69, 9.17) is 10.0 Å². The fraction of sp³-hybridized carbons (Fsp3) is 0.500. The van der Waals surface area contributed by atoms with E-state index in [0.717, 1.165) is 18.7 Å². The molecule has 1 saturated heterocycles. The van der Waals surface area contributed by atoms with Crippen LogP contribution in [0.4, 0.5) is 0 Å². The van der Waals surface area contributed by atoms with Crippen LogP contribution in [-0.4, -0.2) is 30.3 Å². The summed E-state index contributed by atoms with van der Waals surface area (Å²) in [7, 11) is -1.36. The van der Waals surface area contributed by atoms with Crippen molar-refractivity contribution >= 4 is 12.6 Å². The van der Waals surface area contributed by atoms with Crippen molar-refractivity contribution < 1.29 is 10.0 Å². The molecule has 1 aromatic carbocycles. The van der Waals surface area contributed by atoms with Crippen LogP contribution < -0.4 is 10.8 Å². The van der Waals surface area contributed by atoms with Crippen molar-refractivity contribution in [3.05, 3.63) is 29.3 Å². The van der Waals surface area contributed by atoms with E-state index in [-0.39, 0.29) is 0 Å². The lowest BCUT2D eigenvalue weighted by Crippen LogP contribution is -2.31. The third-order valence-corrected chi connectivity index (χ3v) is 3.37. The van der Waals surface area contributed by atoms with E-state index in [1.54, 1.807) is 0 Å². The van der Waals surface area contributed by atoms with Gasteiger partial charge in [0.2, 0.25) is 0 Å². The summed E-state index contributed by atoms with van der Waals surface area (Å²) in [5.74, 6) is 0.617. The van der Waals surface area contributed by atoms with Crippen molar-refractivity contribution in [3.63, 3.8) is 0 Å². The Hall–Kier alpha value is -0.835. The van der Waals surface area contributed by atoms with Crippen LogP contribution in [0.3, 0.4) is 0 Å². The maximum absolute atomic E-state index is 9.09. The summed E-state index contributed by atoms with van der Waals surface area (Å²) < 4.78 is 0. The van der Waals surface area contributed by atoms with E-state index in [0.29, 0.717) is 11.4 Å². The Morgan fingerprint density at radius 3 is 2.50 bits per heavy atom. The lowest BCUT2D eigenvalue weighted by molar-refractivity contribution is 0.425. The third kappa shape index (κ3) is 2.46. The average Bonchev–Trinajstić information content (AvgIpc) is 2.30. The van der Waals surface area contributed by atoms with Crippen molar-refractivity contribution in [2.75, 3.05) is 13.1 Å². The molecule has 0 saturated carbocycles. The summed E-state index contributed by atoms with van der Waals surface area (Å²) in [6.45, 7) is 4.20. The number of hydrogen-bond acceptors (Lipinski definition) is 3. The zero-order valence-corrected chi connectivity index (χ0v) is 9.61. The first-order valence-corrected chi connectivity index (χ1v) is 5.86. The van der Waals surface area contributed by atoms with Crippen molar-refractivity contribution in [2.24, 2.45) is 0 Å². The number of benzene rings is 1. The first-order valence-electron chi connectivity index (χ1n) is 5.86. The summed E-state index contributed by atoms with van der Waals surface area (Å²) in [6, 6.07) is 5.73. The van der Waals surface area contributed by atoms with Gasteiger partial charge in [0.15, 0.2) is 0 Å². The SMILES string of the molecule is Cc1cc(B(O)O)ccc1C1CCNCC1. The van der Waals surface area contributed by atoms with Crippen LogP contribution >= 0.6 is 0 Å². The van der Waals surface area contributed by atoms with Crippen molar-refractivity contribution in [3.8, 4) is 0 Å². The Morgan fingerprint density at radius 2 is 1.94 bits per heavy atom. The highest BCUT2D eigenvalue weighted by molar-refractivity contribution is 6.58. The van der Waals surface area contributed by atoms with Crippen LogP contribution in [0.1, 0.15) is 29.9 Å². The van der Waals surface area contributed by atoms with E-state index in [1.807, 2.05) is 25.1 Å². The predicted octanol–water partition coefficient (Wildman–Crippen LogP) is 0.142. The first-order chi connectivity index (χ1) is 7.68. The molecule has 3 N–H and O–H groups in total. The molecule has 1 fully saturated rings. The van der Waals surface area contributed by atoms with Crippen LogP contribution in [0.15, 0.2) is 18.2 Å². The summed E-state index contributed by atoms with van der Waals surface area (Å²) in [5.41, 5.74) is 3.10. The van der Waals surface area contributed by atoms with Crippen LogP contribution in [0.5, 0.6) is 0 Å². The topological polar surface area (TPSA) is 52.5 Å². The fourth-order valence-corrected chi connectivity index (χ4v) is 2.45. The lowest BCUT2D eigenvalue weighted by atomic mass is 9.77. The van der Waals surface area contributed by atoms with Gasteiger partial charge in [0.1, 0.15) is 0 Å². The molecule has 0 aromatic heterocycles. The lowest BCUT2D eigenvalue weighted by Gasteiger charge is -2.24. The molecule has 86 valence electrons. The Labute approximate surface area is 96.6 Å². The van der Waals surface area contributed by atoms with Crippen molar-refractivity contribution in [1.29, 1.82) is 0 Å². The second-order valence-corrected chi connectivity index (χ2v) is 4.51. The minimum Gasteiger partial charge on any atom is -0.423 e. The second kappa shape index (κ2) is 5.00. The molecule has 1 aliphatic heterocycles. The van der Waals surface area contributed by atoms with Gasteiger partial charge in [-0.2, -0.15) is 0 Å². The monoisotopic (exact) mass is 219 g/mol. The van der Waals surface area contributed by atoms with E-state index < -0.39 is 7.12 Å². The molecule has 0 aliphatic carbocycles. The maximum atomic E-state index is 9.09. The number of hydrogen-bond donors (Lipinski definition) is 3. The zero-order chi connectivity index (χ0) is 11.5. The van der Waals surface area contributed by atoms with Gasteiger partial charge >= 0.3 is 7.12 Å². The molecule has 2 rings (SSSR count). The van der Waals surface area contributed by atoms with Gasteiger partial charge in [-0.3, -0.25) is 0 Å². The first kappa shape index (κ1) is 11.6. The molecule has 16 heavy (non-hydrogen) atoms. The highest BCUT2D eigenvalue weighted by Crippen LogP contribution is 2.27. The Balaban J connectivity index is 2.21. The minimum absolute atomic E-state index is 0.579. The molecular formula is C12H18BNO2. The number of aryl methyl sites for hydroxylation is 1. The van der Waals surface area contributed by atoms with Crippen LogP contribution in [0, 0.1) is 6.92 Å². The Kier molecular flexibility index (Phi) is 3.64. The summed E-state index contributed by atoms with van der Waals surface area (Å²) in [4.78, 5) is 0. The van der Waals surface area contributed by atoms with Gasteiger partial charge in [-0.05, 0) is 55.4 Å². The summed E-state index contributed by atoms with van der Waals surface area (Å²) >= 11 is 0. The van der Waals surface area contributed by atoms with Crippen molar-refractivity contribution in [1.82, 2.24) is 5.32 Å². The largest absolute Gasteiger partial charge is 0.488 e. The Bertz CT molecular complexity index is 362. The van der Waals surface area contributed by atoms with Crippen molar-refractivity contribution in [2.45, 2.75) is 25.7 Å². The molecule has 0 atom stereocenters. The van der Waals surface area contributed by atoms with Gasteiger partial charge < -0.3 is 15.4 Å². The summed E-state index contributed by atoms with van der Waals surface area (Å²) in [6.07, 6.45) is 2.34. The highest BCUT2D eigenvalue weighted by Gasteiger charge is 2.18. The molecule has 0 amide bonds. The molecule has 0 unspecified atom stereocenters. The normalized spacial score (nSPS) is 17.4. The van der Waals surface area contributed by atoms with E-state index in [1.165, 1.54) is 18.4 Å². The van der Waals surface area contributed by atoms with Gasteiger partial charge in [0, 0.05) is 0 Å². The van der Waals surface area contributed by atoms with E-state index >= 15 is 0 Å². The molecule has 1 aliphatic rings. The number of rotatable bonds is 2. The number of piperidine rings is 1. The highest BCUT2D eigenvalue weighted by atomic mass is 16.4. The van der Waals surface area contributed by atoms with Gasteiger partial charge in [-0.25, -0.2) is 0 Å². The van der Waals surface area contributed by atoms with Gasteiger partial charge in [0.05, 0.1) is 0 Å². The van der Waals surface area contributed by atoms with Gasteiger partial charge in [-0.15, -0.1) is 0 Å². The molecule has 3 nitrogen and oxygen atoms in total. The van der Waals surface area contributed by atoms with Crippen LogP contribution in [-0.2, 0) is 0 Å². The average molecular weight is 219 g/mol. The molecular weight excluding hydrogens is 201 g/mol. The van der Waals surface area contributed by atoms with E-state index in [9.17, 15) is 0 Å². The summed E-state index contributed by atoms with van der Waals surface area (Å²) in [5, 5.41) is 21.5. The molecule has 0 bridgehead atoms. The second-order valence-electron chi connectivity index (χ2n) is 4.51.